The first-order chi connectivity index (χ1) is 25.4. The van der Waals surface area contributed by atoms with E-state index in [2.05, 4.69) is 32.7 Å². The predicted octanol–water partition coefficient (Wildman–Crippen LogP) is 6.13. The van der Waals surface area contributed by atoms with Gasteiger partial charge in [-0.2, -0.15) is 0 Å². The molecule has 52 heavy (non-hydrogen) atoms. The zero-order valence-electron chi connectivity index (χ0n) is 29.4. The molecule has 10 heteroatoms. The summed E-state index contributed by atoms with van der Waals surface area (Å²) in [4.78, 5) is 50.0. The summed E-state index contributed by atoms with van der Waals surface area (Å²) in [7, 11) is 1.61. The average Bonchev–Trinajstić information content (AvgIpc) is 3.69. The van der Waals surface area contributed by atoms with Gasteiger partial charge < -0.3 is 30.0 Å². The van der Waals surface area contributed by atoms with Crippen molar-refractivity contribution in [1.82, 2.24) is 25.5 Å². The van der Waals surface area contributed by atoms with Crippen LogP contribution in [0.2, 0.25) is 0 Å². The largest absolute Gasteiger partial charge is 0.489 e. The first-order valence-electron chi connectivity index (χ1n) is 17.7. The monoisotopic (exact) mass is 699 g/mol. The van der Waals surface area contributed by atoms with E-state index in [0.29, 0.717) is 24.6 Å². The lowest BCUT2D eigenvalue weighted by Crippen LogP contribution is -2.57. The maximum absolute atomic E-state index is 14.3. The molecule has 1 fully saturated rings. The fourth-order valence-electron chi connectivity index (χ4n) is 6.55. The molecule has 10 nitrogen and oxygen atoms in total. The number of hydrogen-bond donors (Lipinski definition) is 3. The van der Waals surface area contributed by atoms with Crippen molar-refractivity contribution in [2.24, 2.45) is 0 Å². The zero-order chi connectivity index (χ0) is 36.2. The van der Waals surface area contributed by atoms with Crippen molar-refractivity contribution in [3.63, 3.8) is 0 Å². The van der Waals surface area contributed by atoms with Crippen LogP contribution in [0.3, 0.4) is 0 Å². The number of benzene rings is 4. The van der Waals surface area contributed by atoms with Crippen molar-refractivity contribution in [2.75, 3.05) is 13.6 Å². The molecule has 0 bridgehead atoms. The van der Waals surface area contributed by atoms with Crippen molar-refractivity contribution in [3.8, 4) is 5.75 Å². The number of carbonyl (C=O) groups is 3. The van der Waals surface area contributed by atoms with E-state index in [4.69, 9.17) is 9.47 Å². The number of carbonyl (C=O) groups excluding carboxylic acids is 3. The van der Waals surface area contributed by atoms with Crippen LogP contribution >= 0.6 is 0 Å². The lowest BCUT2D eigenvalue weighted by Gasteiger charge is -2.43. The quantitative estimate of drug-likeness (QED) is 0.114. The molecule has 3 N–H and O–H groups in total. The first kappa shape index (κ1) is 35.9. The van der Waals surface area contributed by atoms with Crippen LogP contribution in [-0.4, -0.2) is 58.5 Å². The molecule has 1 aliphatic rings. The second-order valence-corrected chi connectivity index (χ2v) is 13.3. The SMILES string of the molecule is CN(C(=O)C(Cc1cnc[nH]1)NC(=O)OCc1ccccc1)C(Cc1ccc(OCc2ccccc2)cc1)C(=O)NCC1(c2ccccc2)CCC1. The Morgan fingerprint density at radius 3 is 2.04 bits per heavy atom. The minimum atomic E-state index is -1.03. The molecule has 1 aromatic heterocycles. The van der Waals surface area contributed by atoms with Crippen LogP contribution in [-0.2, 0) is 45.8 Å². The van der Waals surface area contributed by atoms with Crippen molar-refractivity contribution < 1.29 is 23.9 Å². The van der Waals surface area contributed by atoms with Gasteiger partial charge in [0.2, 0.25) is 11.8 Å². The number of aromatic amines is 1. The van der Waals surface area contributed by atoms with Gasteiger partial charge in [0.1, 0.15) is 31.0 Å². The smallest absolute Gasteiger partial charge is 0.408 e. The number of ether oxygens (including phenoxy) is 2. The highest BCUT2D eigenvalue weighted by Crippen LogP contribution is 2.43. The van der Waals surface area contributed by atoms with Crippen molar-refractivity contribution in [2.45, 2.75) is 62.8 Å². The number of nitrogens with one attached hydrogen (secondary N) is 3. The molecule has 1 heterocycles. The number of aromatic nitrogens is 2. The van der Waals surface area contributed by atoms with E-state index in [0.717, 1.165) is 36.0 Å². The van der Waals surface area contributed by atoms with E-state index in [1.165, 1.54) is 16.8 Å². The van der Waals surface area contributed by atoms with Crippen molar-refractivity contribution in [3.05, 3.63) is 156 Å². The molecule has 2 atom stereocenters. The molecule has 1 saturated carbocycles. The predicted molar refractivity (Wildman–Crippen MR) is 198 cm³/mol. The van der Waals surface area contributed by atoms with E-state index in [1.807, 2.05) is 103 Å². The molecule has 2 unspecified atom stereocenters. The van der Waals surface area contributed by atoms with Crippen LogP contribution in [0.15, 0.2) is 128 Å². The normalized spacial score (nSPS) is 14.2. The third-order valence-corrected chi connectivity index (χ3v) is 9.80. The van der Waals surface area contributed by atoms with Crippen LogP contribution < -0.4 is 15.4 Å². The number of rotatable bonds is 16. The van der Waals surface area contributed by atoms with Gasteiger partial charge in [-0.25, -0.2) is 9.78 Å². The summed E-state index contributed by atoms with van der Waals surface area (Å²) < 4.78 is 11.5. The minimum absolute atomic E-state index is 0.0483. The van der Waals surface area contributed by atoms with Gasteiger partial charge in [-0.15, -0.1) is 0 Å². The maximum Gasteiger partial charge on any atom is 0.408 e. The minimum Gasteiger partial charge on any atom is -0.489 e. The van der Waals surface area contributed by atoms with Crippen LogP contribution in [0.1, 0.15) is 47.2 Å². The van der Waals surface area contributed by atoms with Gasteiger partial charge in [0, 0.05) is 43.7 Å². The molecule has 0 spiro atoms. The lowest BCUT2D eigenvalue weighted by molar-refractivity contribution is -0.140. The molecule has 6 rings (SSSR count). The number of nitrogens with zero attached hydrogens (tertiary/aromatic N) is 2. The van der Waals surface area contributed by atoms with Gasteiger partial charge in [-0.1, -0.05) is 110 Å². The molecule has 1 aliphatic carbocycles. The van der Waals surface area contributed by atoms with Gasteiger partial charge in [0.05, 0.1) is 6.33 Å². The standard InChI is InChI=1S/C42H45N5O5/c1-47(40(49)37(25-35-26-43-30-45-35)46-41(50)52-28-33-14-7-3-8-15-33)38(39(48)44-29-42(22-11-23-42)34-16-9-4-10-17-34)24-31-18-20-36(21-19-31)51-27-32-12-5-2-6-13-32/h2-10,12-21,26,30,37-38H,11,22-25,27-29H2,1H3,(H,43,45)(H,44,48)(H,46,50). The summed E-state index contributed by atoms with van der Waals surface area (Å²) >= 11 is 0. The fraction of sp³-hybridized carbons (Fsp3) is 0.286. The maximum atomic E-state index is 14.3. The van der Waals surface area contributed by atoms with Crippen LogP contribution in [0.5, 0.6) is 5.75 Å². The molecular formula is C42H45N5O5. The number of alkyl carbamates (subject to hydrolysis) is 1. The van der Waals surface area contributed by atoms with Gasteiger partial charge >= 0.3 is 6.09 Å². The van der Waals surface area contributed by atoms with Gasteiger partial charge in [0.25, 0.3) is 0 Å². The van der Waals surface area contributed by atoms with Gasteiger partial charge in [-0.05, 0) is 47.2 Å². The Labute approximate surface area is 304 Å². The fourth-order valence-corrected chi connectivity index (χ4v) is 6.55. The topological polar surface area (TPSA) is 126 Å². The highest BCUT2D eigenvalue weighted by molar-refractivity contribution is 5.91. The Bertz CT molecular complexity index is 1860. The van der Waals surface area contributed by atoms with E-state index < -0.39 is 24.1 Å². The summed E-state index contributed by atoms with van der Waals surface area (Å²) in [6.45, 7) is 0.944. The summed E-state index contributed by atoms with van der Waals surface area (Å²) in [6.07, 6.45) is 5.79. The number of hydrogen-bond acceptors (Lipinski definition) is 6. The van der Waals surface area contributed by atoms with Crippen molar-refractivity contribution >= 4 is 17.9 Å². The third-order valence-electron chi connectivity index (χ3n) is 9.80. The highest BCUT2D eigenvalue weighted by atomic mass is 16.5. The third kappa shape index (κ3) is 9.45. The van der Waals surface area contributed by atoms with Crippen LogP contribution in [0, 0.1) is 0 Å². The summed E-state index contributed by atoms with van der Waals surface area (Å²) in [5, 5.41) is 5.95. The summed E-state index contributed by atoms with van der Waals surface area (Å²) in [6, 6.07) is 35.2. The highest BCUT2D eigenvalue weighted by Gasteiger charge is 2.40. The number of likely N-dealkylation sites (N-methyl/N-ethyl adjacent to an activating group) is 1. The molecule has 0 saturated heterocycles. The zero-order valence-corrected chi connectivity index (χ0v) is 29.4. The Balaban J connectivity index is 1.19. The van der Waals surface area contributed by atoms with Gasteiger partial charge in [-0.3, -0.25) is 9.59 Å². The van der Waals surface area contributed by atoms with Gasteiger partial charge in [0.15, 0.2) is 0 Å². The lowest BCUT2D eigenvalue weighted by atomic mass is 9.64. The van der Waals surface area contributed by atoms with Crippen LogP contribution in [0.25, 0.3) is 0 Å². The number of imidazole rings is 1. The Morgan fingerprint density at radius 2 is 1.44 bits per heavy atom. The summed E-state index contributed by atoms with van der Waals surface area (Å²) in [5.74, 6) is -0.00398. The molecule has 3 amide bonds. The number of amides is 3. The van der Waals surface area contributed by atoms with E-state index in [-0.39, 0.29) is 30.8 Å². The first-order valence-corrected chi connectivity index (χ1v) is 17.7. The Morgan fingerprint density at radius 1 is 0.808 bits per heavy atom. The molecule has 5 aromatic rings. The van der Waals surface area contributed by atoms with Crippen LogP contribution in [0.4, 0.5) is 4.79 Å². The Kier molecular flexibility index (Phi) is 12.0. The molecule has 268 valence electrons. The average molecular weight is 700 g/mol. The second kappa shape index (κ2) is 17.4. The summed E-state index contributed by atoms with van der Waals surface area (Å²) in [5.41, 5.74) is 4.44. The molecule has 0 aliphatic heterocycles. The molecular weight excluding hydrogens is 654 g/mol. The molecule has 4 aromatic carbocycles. The number of H-pyrrole nitrogens is 1. The Hall–Kier alpha value is -5.90. The van der Waals surface area contributed by atoms with Crippen molar-refractivity contribution in [1.29, 1.82) is 0 Å². The van der Waals surface area contributed by atoms with E-state index in [1.54, 1.807) is 13.2 Å². The second-order valence-electron chi connectivity index (χ2n) is 13.3. The molecule has 0 radical (unpaired) electrons. The van der Waals surface area contributed by atoms with E-state index in [9.17, 15) is 14.4 Å². The van der Waals surface area contributed by atoms with E-state index >= 15 is 0 Å².